The molecule has 0 heterocycles. The number of nitro benzene ring substituents is 1. The van der Waals surface area contributed by atoms with Gasteiger partial charge in [-0.1, -0.05) is 67.6 Å². The molecule has 3 aromatic carbocycles. The lowest BCUT2D eigenvalue weighted by molar-refractivity contribution is -0.385. The molecule has 1 atom stereocenters. The Morgan fingerprint density at radius 3 is 2.24 bits per heavy atom. The number of carbonyl (C=O) groups is 2. The molecular formula is C28H31N3O6. The van der Waals surface area contributed by atoms with E-state index in [2.05, 4.69) is 5.32 Å². The predicted molar refractivity (Wildman–Crippen MR) is 139 cm³/mol. The van der Waals surface area contributed by atoms with Crippen LogP contribution in [0.2, 0.25) is 0 Å². The number of carbonyl (C=O) groups excluding carboxylic acids is 2. The van der Waals surface area contributed by atoms with Crippen molar-refractivity contribution in [2.24, 2.45) is 0 Å². The van der Waals surface area contributed by atoms with Crippen LogP contribution >= 0.6 is 0 Å². The van der Waals surface area contributed by atoms with Gasteiger partial charge in [0.1, 0.15) is 11.8 Å². The zero-order valence-electron chi connectivity index (χ0n) is 21.0. The molecule has 0 saturated carbocycles. The first-order chi connectivity index (χ1) is 17.9. The molecule has 0 spiro atoms. The number of amides is 2. The van der Waals surface area contributed by atoms with Crippen molar-refractivity contribution in [3.63, 3.8) is 0 Å². The fraction of sp³-hybridized carbons (Fsp3) is 0.286. The molecule has 0 aliphatic carbocycles. The van der Waals surface area contributed by atoms with Crippen LogP contribution in [0.5, 0.6) is 11.5 Å². The van der Waals surface area contributed by atoms with Crippen molar-refractivity contribution in [3.8, 4) is 11.5 Å². The first-order valence-electron chi connectivity index (χ1n) is 12.0. The molecule has 2 amide bonds. The number of benzene rings is 3. The normalized spacial score (nSPS) is 11.3. The molecule has 3 rings (SSSR count). The molecular weight excluding hydrogens is 474 g/mol. The van der Waals surface area contributed by atoms with Crippen LogP contribution in [0.4, 0.5) is 5.69 Å². The van der Waals surface area contributed by atoms with E-state index in [1.807, 2.05) is 67.6 Å². The lowest BCUT2D eigenvalue weighted by Crippen LogP contribution is -2.51. The maximum absolute atomic E-state index is 13.5. The van der Waals surface area contributed by atoms with Crippen LogP contribution in [0.25, 0.3) is 0 Å². The van der Waals surface area contributed by atoms with E-state index in [9.17, 15) is 19.7 Å². The van der Waals surface area contributed by atoms with Crippen molar-refractivity contribution in [2.45, 2.75) is 32.4 Å². The minimum Gasteiger partial charge on any atom is -0.490 e. The summed E-state index contributed by atoms with van der Waals surface area (Å²) in [6, 6.07) is 22.2. The van der Waals surface area contributed by atoms with Gasteiger partial charge in [-0.15, -0.1) is 0 Å². The van der Waals surface area contributed by atoms with E-state index >= 15 is 0 Å². The van der Waals surface area contributed by atoms with Crippen LogP contribution in [-0.4, -0.2) is 47.9 Å². The van der Waals surface area contributed by atoms with E-state index < -0.39 is 16.9 Å². The van der Waals surface area contributed by atoms with Crippen LogP contribution in [0, 0.1) is 10.1 Å². The van der Waals surface area contributed by atoms with Gasteiger partial charge in [-0.25, -0.2) is 0 Å². The van der Waals surface area contributed by atoms with E-state index in [0.717, 1.165) is 17.5 Å². The fourth-order valence-corrected chi connectivity index (χ4v) is 3.83. The molecule has 0 aliphatic rings. The van der Waals surface area contributed by atoms with Crippen LogP contribution in [-0.2, 0) is 22.6 Å². The van der Waals surface area contributed by atoms with Gasteiger partial charge in [-0.2, -0.15) is 0 Å². The monoisotopic (exact) mass is 505 g/mol. The van der Waals surface area contributed by atoms with Gasteiger partial charge < -0.3 is 19.7 Å². The Morgan fingerprint density at radius 2 is 1.65 bits per heavy atom. The Labute approximate surface area is 216 Å². The maximum atomic E-state index is 13.5. The van der Waals surface area contributed by atoms with E-state index in [-0.39, 0.29) is 36.2 Å². The second-order valence-electron chi connectivity index (χ2n) is 8.38. The van der Waals surface area contributed by atoms with Gasteiger partial charge in [0, 0.05) is 31.6 Å². The standard InChI is InChI=1S/C28H31N3O6/c1-3-16-29-28(33)25(17-21-10-6-4-7-11-21)30(19-22-12-8-5-9-13-22)27(32)20-37-23-14-15-24(31(34)35)26(18-23)36-2/h4-15,18,25H,3,16-17,19-20H2,1-2H3,(H,29,33). The summed E-state index contributed by atoms with van der Waals surface area (Å²) in [6.07, 6.45) is 1.10. The smallest absolute Gasteiger partial charge is 0.311 e. The lowest BCUT2D eigenvalue weighted by Gasteiger charge is -2.31. The average molecular weight is 506 g/mol. The summed E-state index contributed by atoms with van der Waals surface area (Å²) < 4.78 is 10.8. The Morgan fingerprint density at radius 1 is 1.00 bits per heavy atom. The second kappa shape index (κ2) is 13.6. The maximum Gasteiger partial charge on any atom is 0.311 e. The van der Waals surface area contributed by atoms with Gasteiger partial charge in [0.05, 0.1) is 12.0 Å². The average Bonchev–Trinajstić information content (AvgIpc) is 2.93. The predicted octanol–water partition coefficient (Wildman–Crippen LogP) is 4.15. The zero-order chi connectivity index (χ0) is 26.6. The highest BCUT2D eigenvalue weighted by Gasteiger charge is 2.30. The number of nitrogens with one attached hydrogen (secondary N) is 1. The Hall–Kier alpha value is -4.40. The van der Waals surface area contributed by atoms with E-state index in [0.29, 0.717) is 13.0 Å². The van der Waals surface area contributed by atoms with Crippen LogP contribution in [0.3, 0.4) is 0 Å². The summed E-state index contributed by atoms with van der Waals surface area (Å²) in [5.41, 5.74) is 1.59. The summed E-state index contributed by atoms with van der Waals surface area (Å²) in [5.74, 6) is -0.372. The number of nitro groups is 1. The largest absolute Gasteiger partial charge is 0.490 e. The van der Waals surface area contributed by atoms with Crippen molar-refractivity contribution in [1.82, 2.24) is 10.2 Å². The minimum atomic E-state index is -0.767. The van der Waals surface area contributed by atoms with E-state index in [1.54, 1.807) is 0 Å². The molecule has 0 aromatic heterocycles. The number of hydrogen-bond acceptors (Lipinski definition) is 6. The fourth-order valence-electron chi connectivity index (χ4n) is 3.83. The first-order valence-corrected chi connectivity index (χ1v) is 12.0. The molecule has 0 aliphatic heterocycles. The van der Waals surface area contributed by atoms with Crippen molar-refractivity contribution in [1.29, 1.82) is 0 Å². The highest BCUT2D eigenvalue weighted by atomic mass is 16.6. The van der Waals surface area contributed by atoms with Crippen molar-refractivity contribution in [3.05, 3.63) is 100 Å². The molecule has 37 heavy (non-hydrogen) atoms. The Bertz CT molecular complexity index is 1190. The lowest BCUT2D eigenvalue weighted by atomic mass is 10.0. The van der Waals surface area contributed by atoms with Crippen molar-refractivity contribution >= 4 is 17.5 Å². The Balaban J connectivity index is 1.87. The third-order valence-electron chi connectivity index (χ3n) is 5.73. The van der Waals surface area contributed by atoms with Gasteiger partial charge >= 0.3 is 5.69 Å². The SMILES string of the molecule is CCCNC(=O)C(Cc1ccccc1)N(Cc1ccccc1)C(=O)COc1ccc([N+](=O)[O-])c(OC)c1. The molecule has 0 bridgehead atoms. The third kappa shape index (κ3) is 7.79. The molecule has 9 nitrogen and oxygen atoms in total. The molecule has 9 heteroatoms. The summed E-state index contributed by atoms with van der Waals surface area (Å²) in [7, 11) is 1.32. The quantitative estimate of drug-likeness (QED) is 0.276. The van der Waals surface area contributed by atoms with Crippen LogP contribution < -0.4 is 14.8 Å². The van der Waals surface area contributed by atoms with Crippen LogP contribution in [0.1, 0.15) is 24.5 Å². The van der Waals surface area contributed by atoms with Gasteiger partial charge in [0.25, 0.3) is 5.91 Å². The van der Waals surface area contributed by atoms with Crippen molar-refractivity contribution in [2.75, 3.05) is 20.3 Å². The summed E-state index contributed by atoms with van der Waals surface area (Å²) in [6.45, 7) is 2.31. The molecule has 0 fully saturated rings. The van der Waals surface area contributed by atoms with E-state index in [4.69, 9.17) is 9.47 Å². The number of ether oxygens (including phenoxy) is 2. The number of nitrogens with zero attached hydrogens (tertiary/aromatic N) is 2. The molecule has 1 N–H and O–H groups in total. The molecule has 1 unspecified atom stereocenters. The second-order valence-corrected chi connectivity index (χ2v) is 8.38. The Kier molecular flexibility index (Phi) is 10.0. The van der Waals surface area contributed by atoms with Crippen LogP contribution in [0.15, 0.2) is 78.9 Å². The molecule has 194 valence electrons. The van der Waals surface area contributed by atoms with Crippen molar-refractivity contribution < 1.29 is 24.0 Å². The first kappa shape index (κ1) is 27.2. The highest BCUT2D eigenvalue weighted by molar-refractivity contribution is 5.88. The number of hydrogen-bond donors (Lipinski definition) is 1. The summed E-state index contributed by atoms with van der Waals surface area (Å²) in [5, 5.41) is 14.1. The number of rotatable bonds is 13. The third-order valence-corrected chi connectivity index (χ3v) is 5.73. The number of methoxy groups -OCH3 is 1. The summed E-state index contributed by atoms with van der Waals surface area (Å²) >= 11 is 0. The zero-order valence-corrected chi connectivity index (χ0v) is 21.0. The summed E-state index contributed by atoms with van der Waals surface area (Å²) in [4.78, 5) is 39.0. The van der Waals surface area contributed by atoms with Gasteiger partial charge in [-0.05, 0) is 23.6 Å². The van der Waals surface area contributed by atoms with Gasteiger partial charge in [0.15, 0.2) is 6.61 Å². The molecule has 3 aromatic rings. The van der Waals surface area contributed by atoms with E-state index in [1.165, 1.54) is 30.2 Å². The topological polar surface area (TPSA) is 111 Å². The van der Waals surface area contributed by atoms with Gasteiger partial charge in [0.2, 0.25) is 11.7 Å². The molecule has 0 saturated heterocycles. The highest BCUT2D eigenvalue weighted by Crippen LogP contribution is 2.30. The molecule has 0 radical (unpaired) electrons. The van der Waals surface area contributed by atoms with Gasteiger partial charge in [-0.3, -0.25) is 19.7 Å². The minimum absolute atomic E-state index is 0.0250.